The summed E-state index contributed by atoms with van der Waals surface area (Å²) in [7, 11) is -3.65. The number of sulfonamides is 1. The molecule has 0 unspecified atom stereocenters. The minimum atomic E-state index is -3.65. The van der Waals surface area contributed by atoms with Crippen molar-refractivity contribution in [2.75, 3.05) is 11.3 Å². The van der Waals surface area contributed by atoms with E-state index in [-0.39, 0.29) is 4.90 Å². The van der Waals surface area contributed by atoms with Crippen molar-refractivity contribution in [1.82, 2.24) is 10.2 Å². The fourth-order valence-corrected chi connectivity index (χ4v) is 2.77. The van der Waals surface area contributed by atoms with E-state index in [2.05, 4.69) is 14.9 Å². The molecule has 21 heavy (non-hydrogen) atoms. The van der Waals surface area contributed by atoms with Crippen LogP contribution in [0.1, 0.15) is 24.6 Å². The molecule has 0 saturated heterocycles. The highest BCUT2D eigenvalue weighted by atomic mass is 32.2. The lowest BCUT2D eigenvalue weighted by Gasteiger charge is -2.08. The molecule has 2 N–H and O–H groups in total. The zero-order valence-corrected chi connectivity index (χ0v) is 13.1. The van der Waals surface area contributed by atoms with Crippen LogP contribution in [0.5, 0.6) is 5.75 Å². The van der Waals surface area contributed by atoms with E-state index >= 15 is 0 Å². The molecule has 0 bridgehead atoms. The Morgan fingerprint density at radius 2 is 1.90 bits per heavy atom. The Morgan fingerprint density at radius 3 is 2.43 bits per heavy atom. The lowest BCUT2D eigenvalue weighted by Crippen LogP contribution is -2.14. The Morgan fingerprint density at radius 1 is 1.24 bits per heavy atom. The number of aromatic amines is 1. The fourth-order valence-electron chi connectivity index (χ4n) is 1.71. The van der Waals surface area contributed by atoms with E-state index in [1.807, 2.05) is 13.8 Å². The van der Waals surface area contributed by atoms with Crippen molar-refractivity contribution in [3.63, 3.8) is 0 Å². The number of rotatable bonds is 6. The maximum absolute atomic E-state index is 12.3. The first-order valence-corrected chi connectivity index (χ1v) is 8.19. The third-order valence-corrected chi connectivity index (χ3v) is 4.45. The van der Waals surface area contributed by atoms with Gasteiger partial charge in [-0.05, 0) is 44.5 Å². The van der Waals surface area contributed by atoms with Gasteiger partial charge in [-0.2, -0.15) is 5.10 Å². The summed E-state index contributed by atoms with van der Waals surface area (Å²) in [6.45, 7) is 6.26. The molecule has 0 aliphatic heterocycles. The van der Waals surface area contributed by atoms with E-state index in [9.17, 15) is 8.42 Å². The van der Waals surface area contributed by atoms with Gasteiger partial charge in [-0.15, -0.1) is 0 Å². The number of hydrogen-bond donors (Lipinski definition) is 2. The molecule has 1 heterocycles. The quantitative estimate of drug-likeness (QED) is 0.859. The van der Waals surface area contributed by atoms with Crippen molar-refractivity contribution >= 4 is 15.8 Å². The molecule has 0 fully saturated rings. The number of anilines is 1. The Labute approximate surface area is 124 Å². The Hall–Kier alpha value is -2.02. The van der Waals surface area contributed by atoms with Gasteiger partial charge < -0.3 is 4.74 Å². The number of nitrogens with zero attached hydrogens (tertiary/aromatic N) is 1. The van der Waals surface area contributed by atoms with Crippen molar-refractivity contribution in [1.29, 1.82) is 0 Å². The van der Waals surface area contributed by atoms with Crippen molar-refractivity contribution in [2.24, 2.45) is 0 Å². The molecule has 1 aromatic heterocycles. The SMILES string of the molecule is CCCOc1ccc(S(=O)(=O)Nc2n[nH]c(C)c2C)cc1. The highest BCUT2D eigenvalue weighted by Crippen LogP contribution is 2.21. The number of H-pyrrole nitrogens is 1. The van der Waals surface area contributed by atoms with Gasteiger partial charge in [0.1, 0.15) is 5.75 Å². The Kier molecular flexibility index (Phi) is 4.52. The lowest BCUT2D eigenvalue weighted by atomic mass is 10.3. The number of ether oxygens (including phenoxy) is 1. The molecule has 0 aliphatic rings. The summed E-state index contributed by atoms with van der Waals surface area (Å²) in [6.07, 6.45) is 0.902. The topological polar surface area (TPSA) is 84.1 Å². The highest BCUT2D eigenvalue weighted by Gasteiger charge is 2.17. The summed E-state index contributed by atoms with van der Waals surface area (Å²) in [5.41, 5.74) is 1.61. The molecule has 0 spiro atoms. The summed E-state index contributed by atoms with van der Waals surface area (Å²) in [6, 6.07) is 6.32. The second-order valence-corrected chi connectivity index (χ2v) is 6.43. The zero-order chi connectivity index (χ0) is 15.5. The van der Waals surface area contributed by atoms with E-state index < -0.39 is 10.0 Å². The fraction of sp³-hybridized carbons (Fsp3) is 0.357. The lowest BCUT2D eigenvalue weighted by molar-refractivity contribution is 0.317. The molecule has 0 atom stereocenters. The summed E-state index contributed by atoms with van der Waals surface area (Å²) in [5.74, 6) is 0.974. The third kappa shape index (κ3) is 3.55. The molecule has 2 rings (SSSR count). The second-order valence-electron chi connectivity index (χ2n) is 4.75. The molecule has 0 radical (unpaired) electrons. The number of benzene rings is 1. The Bertz CT molecular complexity index is 706. The van der Waals surface area contributed by atoms with Crippen LogP contribution in [0, 0.1) is 13.8 Å². The molecule has 1 aromatic carbocycles. The summed E-state index contributed by atoms with van der Waals surface area (Å²) in [5, 5.41) is 6.69. The summed E-state index contributed by atoms with van der Waals surface area (Å²) >= 11 is 0. The van der Waals surface area contributed by atoms with Crippen LogP contribution in [-0.2, 0) is 10.0 Å². The Balaban J connectivity index is 2.17. The highest BCUT2D eigenvalue weighted by molar-refractivity contribution is 7.92. The maximum Gasteiger partial charge on any atom is 0.263 e. The van der Waals surface area contributed by atoms with E-state index in [1.165, 1.54) is 12.1 Å². The van der Waals surface area contributed by atoms with Gasteiger partial charge in [0.2, 0.25) is 0 Å². The van der Waals surface area contributed by atoms with Crippen LogP contribution in [0.4, 0.5) is 5.82 Å². The molecule has 7 heteroatoms. The number of hydrogen-bond acceptors (Lipinski definition) is 4. The normalized spacial score (nSPS) is 11.4. The minimum absolute atomic E-state index is 0.173. The van der Waals surface area contributed by atoms with Gasteiger partial charge >= 0.3 is 0 Å². The first kappa shape index (κ1) is 15.4. The predicted molar refractivity (Wildman–Crippen MR) is 81.1 cm³/mol. The molecular formula is C14H19N3O3S. The van der Waals surface area contributed by atoms with Gasteiger partial charge in [0.15, 0.2) is 5.82 Å². The van der Waals surface area contributed by atoms with Crippen LogP contribution >= 0.6 is 0 Å². The van der Waals surface area contributed by atoms with Crippen molar-refractivity contribution in [3.8, 4) is 5.75 Å². The van der Waals surface area contributed by atoms with E-state index in [1.54, 1.807) is 19.1 Å². The number of aromatic nitrogens is 2. The standard InChI is InChI=1S/C14H19N3O3S/c1-4-9-20-12-5-7-13(8-6-12)21(18,19)17-14-10(2)11(3)15-16-14/h5-8H,4,9H2,1-3H3,(H2,15,16,17). The zero-order valence-electron chi connectivity index (χ0n) is 12.3. The van der Waals surface area contributed by atoms with E-state index in [0.717, 1.165) is 17.7 Å². The van der Waals surface area contributed by atoms with Gasteiger partial charge in [0.05, 0.1) is 11.5 Å². The first-order valence-electron chi connectivity index (χ1n) is 6.71. The summed E-state index contributed by atoms with van der Waals surface area (Å²) < 4.78 is 32.5. The smallest absolute Gasteiger partial charge is 0.263 e. The van der Waals surface area contributed by atoms with E-state index in [0.29, 0.717) is 18.2 Å². The van der Waals surface area contributed by atoms with Gasteiger partial charge in [0, 0.05) is 11.3 Å². The van der Waals surface area contributed by atoms with Gasteiger partial charge in [-0.1, -0.05) is 6.92 Å². The van der Waals surface area contributed by atoms with Gasteiger partial charge in [0.25, 0.3) is 10.0 Å². The third-order valence-electron chi connectivity index (χ3n) is 3.09. The van der Waals surface area contributed by atoms with Gasteiger partial charge in [-0.25, -0.2) is 8.42 Å². The first-order chi connectivity index (χ1) is 9.94. The molecule has 2 aromatic rings. The number of aryl methyl sites for hydroxylation is 1. The van der Waals surface area contributed by atoms with Crippen LogP contribution in [0.25, 0.3) is 0 Å². The average Bonchev–Trinajstić information content (AvgIpc) is 2.77. The molecule has 6 nitrogen and oxygen atoms in total. The van der Waals surface area contributed by atoms with E-state index in [4.69, 9.17) is 4.74 Å². The molecular weight excluding hydrogens is 290 g/mol. The molecule has 114 valence electrons. The molecule has 0 aliphatic carbocycles. The van der Waals surface area contributed by atoms with Gasteiger partial charge in [-0.3, -0.25) is 9.82 Å². The summed E-state index contributed by atoms with van der Waals surface area (Å²) in [4.78, 5) is 0.173. The van der Waals surface area contributed by atoms with Crippen LogP contribution < -0.4 is 9.46 Å². The van der Waals surface area contributed by atoms with Crippen molar-refractivity contribution < 1.29 is 13.2 Å². The van der Waals surface area contributed by atoms with Crippen molar-refractivity contribution in [2.45, 2.75) is 32.1 Å². The average molecular weight is 309 g/mol. The van der Waals surface area contributed by atoms with Crippen LogP contribution in [-0.4, -0.2) is 25.2 Å². The van der Waals surface area contributed by atoms with Crippen LogP contribution in [0.2, 0.25) is 0 Å². The van der Waals surface area contributed by atoms with Crippen LogP contribution in [0.15, 0.2) is 29.2 Å². The van der Waals surface area contributed by atoms with Crippen molar-refractivity contribution in [3.05, 3.63) is 35.5 Å². The molecule has 0 saturated carbocycles. The predicted octanol–water partition coefficient (Wildman–Crippen LogP) is 2.62. The second kappa shape index (κ2) is 6.17. The molecule has 0 amide bonds. The number of nitrogens with one attached hydrogen (secondary N) is 2. The largest absolute Gasteiger partial charge is 0.494 e. The monoisotopic (exact) mass is 309 g/mol. The minimum Gasteiger partial charge on any atom is -0.494 e. The van der Waals surface area contributed by atoms with Crippen LogP contribution in [0.3, 0.4) is 0 Å². The maximum atomic E-state index is 12.3.